The van der Waals surface area contributed by atoms with Gasteiger partial charge in [0.15, 0.2) is 0 Å². The third kappa shape index (κ3) is 2.10. The Morgan fingerprint density at radius 3 is 2.60 bits per heavy atom. The minimum atomic E-state index is -0.262. The summed E-state index contributed by atoms with van der Waals surface area (Å²) in [6.07, 6.45) is 1.99. The second kappa shape index (κ2) is 5.10. The Labute approximate surface area is 117 Å². The van der Waals surface area contributed by atoms with Crippen molar-refractivity contribution in [3.8, 4) is 11.1 Å². The van der Waals surface area contributed by atoms with E-state index in [2.05, 4.69) is 0 Å². The number of benzene rings is 2. The first kappa shape index (κ1) is 12.9. The monoisotopic (exact) mass is 269 g/mol. The average Bonchev–Trinajstić information content (AvgIpc) is 2.86. The molecule has 0 bridgehead atoms. The fourth-order valence-electron chi connectivity index (χ4n) is 2.52. The summed E-state index contributed by atoms with van der Waals surface area (Å²) in [6, 6.07) is 14.7. The van der Waals surface area contributed by atoms with E-state index in [0.717, 1.165) is 22.0 Å². The van der Waals surface area contributed by atoms with Crippen molar-refractivity contribution in [3.63, 3.8) is 0 Å². The van der Waals surface area contributed by atoms with Crippen LogP contribution in [0.1, 0.15) is 13.0 Å². The first-order valence-corrected chi connectivity index (χ1v) is 6.67. The number of fused-ring (bicyclic) bond motifs is 1. The number of hydrogen-bond acceptors (Lipinski definition) is 1. The van der Waals surface area contributed by atoms with Crippen LogP contribution in [-0.2, 0) is 0 Å². The largest absolute Gasteiger partial charge is 0.394 e. The lowest BCUT2D eigenvalue weighted by Crippen LogP contribution is -2.07. The lowest BCUT2D eigenvalue weighted by molar-refractivity contribution is 0.241. The van der Waals surface area contributed by atoms with Gasteiger partial charge in [-0.3, -0.25) is 0 Å². The van der Waals surface area contributed by atoms with Gasteiger partial charge in [0, 0.05) is 17.1 Å². The van der Waals surface area contributed by atoms with Crippen molar-refractivity contribution in [2.75, 3.05) is 6.61 Å². The Hall–Kier alpha value is -2.13. The van der Waals surface area contributed by atoms with Gasteiger partial charge >= 0.3 is 0 Å². The van der Waals surface area contributed by atoms with Gasteiger partial charge in [0.25, 0.3) is 0 Å². The zero-order valence-electron chi connectivity index (χ0n) is 11.3. The van der Waals surface area contributed by atoms with E-state index in [1.165, 1.54) is 12.1 Å². The smallest absolute Gasteiger partial charge is 0.125 e. The molecule has 1 N–H and O–H groups in total. The van der Waals surface area contributed by atoms with Crippen LogP contribution in [0.25, 0.3) is 22.0 Å². The predicted octanol–water partition coefficient (Wildman–Crippen LogP) is 4.00. The Balaban J connectivity index is 2.28. The van der Waals surface area contributed by atoms with Gasteiger partial charge in [0.1, 0.15) is 5.82 Å². The molecule has 0 amide bonds. The second-order valence-electron chi connectivity index (χ2n) is 5.01. The fraction of sp³-hybridized carbons (Fsp3) is 0.176. The fourth-order valence-corrected chi connectivity index (χ4v) is 2.52. The number of rotatable bonds is 3. The predicted molar refractivity (Wildman–Crippen MR) is 79.1 cm³/mol. The minimum absolute atomic E-state index is 0.0223. The molecule has 0 spiro atoms. The molecule has 0 aliphatic rings. The van der Waals surface area contributed by atoms with Crippen LogP contribution in [0.3, 0.4) is 0 Å². The van der Waals surface area contributed by atoms with Gasteiger partial charge in [0.2, 0.25) is 0 Å². The van der Waals surface area contributed by atoms with E-state index in [4.69, 9.17) is 0 Å². The molecular formula is C17H16FNO. The van der Waals surface area contributed by atoms with Gasteiger partial charge < -0.3 is 9.67 Å². The topological polar surface area (TPSA) is 25.2 Å². The highest BCUT2D eigenvalue weighted by atomic mass is 19.1. The molecule has 2 aromatic carbocycles. The van der Waals surface area contributed by atoms with E-state index in [0.29, 0.717) is 0 Å². The number of aliphatic hydroxyl groups is 1. The van der Waals surface area contributed by atoms with E-state index in [1.54, 1.807) is 6.07 Å². The summed E-state index contributed by atoms with van der Waals surface area (Å²) in [5.74, 6) is -0.262. The van der Waals surface area contributed by atoms with Crippen LogP contribution in [0, 0.1) is 5.82 Å². The van der Waals surface area contributed by atoms with Gasteiger partial charge in [-0.05, 0) is 30.7 Å². The molecule has 3 heteroatoms. The molecule has 0 aliphatic carbocycles. The van der Waals surface area contributed by atoms with E-state index in [9.17, 15) is 9.50 Å². The van der Waals surface area contributed by atoms with Crippen LogP contribution < -0.4 is 0 Å². The standard InChI is InChI=1S/C17H16FNO/c1-12(11-20)19-10-16(13-5-3-2-4-6-13)15-8-7-14(18)9-17(15)19/h2-10,12,20H,11H2,1H3/t12-/m1/s1. The first-order valence-electron chi connectivity index (χ1n) is 6.67. The van der Waals surface area contributed by atoms with Gasteiger partial charge in [-0.15, -0.1) is 0 Å². The summed E-state index contributed by atoms with van der Waals surface area (Å²) in [6.45, 7) is 1.94. The maximum absolute atomic E-state index is 13.5. The third-order valence-electron chi connectivity index (χ3n) is 3.62. The number of aliphatic hydroxyl groups excluding tert-OH is 1. The van der Waals surface area contributed by atoms with Crippen molar-refractivity contribution in [1.82, 2.24) is 4.57 Å². The van der Waals surface area contributed by atoms with Crippen molar-refractivity contribution in [2.45, 2.75) is 13.0 Å². The van der Waals surface area contributed by atoms with Crippen LogP contribution in [0.2, 0.25) is 0 Å². The van der Waals surface area contributed by atoms with Crippen molar-refractivity contribution in [2.24, 2.45) is 0 Å². The number of aromatic nitrogens is 1. The molecule has 0 saturated carbocycles. The Kier molecular flexibility index (Phi) is 3.28. The molecule has 0 unspecified atom stereocenters. The van der Waals surface area contributed by atoms with Crippen molar-refractivity contribution in [3.05, 3.63) is 60.5 Å². The zero-order chi connectivity index (χ0) is 14.1. The summed E-state index contributed by atoms with van der Waals surface area (Å²) >= 11 is 0. The molecule has 0 fully saturated rings. The highest BCUT2D eigenvalue weighted by molar-refractivity contribution is 5.96. The van der Waals surface area contributed by atoms with Gasteiger partial charge in [-0.1, -0.05) is 30.3 Å². The molecule has 0 aliphatic heterocycles. The summed E-state index contributed by atoms with van der Waals surface area (Å²) in [5.41, 5.74) is 2.96. The van der Waals surface area contributed by atoms with Crippen molar-refractivity contribution < 1.29 is 9.50 Å². The van der Waals surface area contributed by atoms with Crippen molar-refractivity contribution >= 4 is 10.9 Å². The average molecular weight is 269 g/mol. The maximum Gasteiger partial charge on any atom is 0.125 e. The minimum Gasteiger partial charge on any atom is -0.394 e. The molecule has 20 heavy (non-hydrogen) atoms. The molecule has 1 aromatic heterocycles. The summed E-state index contributed by atoms with van der Waals surface area (Å²) in [7, 11) is 0. The van der Waals surface area contributed by atoms with Crippen LogP contribution in [0.5, 0.6) is 0 Å². The highest BCUT2D eigenvalue weighted by Gasteiger charge is 2.14. The molecule has 3 aromatic rings. The summed E-state index contributed by atoms with van der Waals surface area (Å²) in [4.78, 5) is 0. The number of nitrogens with zero attached hydrogens (tertiary/aromatic N) is 1. The van der Waals surface area contributed by atoms with Crippen LogP contribution in [-0.4, -0.2) is 16.3 Å². The number of halogens is 1. The van der Waals surface area contributed by atoms with Crippen LogP contribution >= 0.6 is 0 Å². The summed E-state index contributed by atoms with van der Waals surface area (Å²) in [5, 5.41) is 10.4. The Morgan fingerprint density at radius 2 is 1.90 bits per heavy atom. The second-order valence-corrected chi connectivity index (χ2v) is 5.01. The van der Waals surface area contributed by atoms with Gasteiger partial charge in [0.05, 0.1) is 18.2 Å². The van der Waals surface area contributed by atoms with Gasteiger partial charge in [-0.2, -0.15) is 0 Å². The normalized spacial score (nSPS) is 12.8. The third-order valence-corrected chi connectivity index (χ3v) is 3.62. The highest BCUT2D eigenvalue weighted by Crippen LogP contribution is 2.32. The summed E-state index contributed by atoms with van der Waals surface area (Å²) < 4.78 is 15.5. The molecule has 2 nitrogen and oxygen atoms in total. The SMILES string of the molecule is C[C@H](CO)n1cc(-c2ccccc2)c2ccc(F)cc21. The molecule has 1 heterocycles. The first-order chi connectivity index (χ1) is 9.70. The Morgan fingerprint density at radius 1 is 1.15 bits per heavy atom. The van der Waals surface area contributed by atoms with Crippen LogP contribution in [0.4, 0.5) is 4.39 Å². The maximum atomic E-state index is 13.5. The quantitative estimate of drug-likeness (QED) is 0.764. The molecule has 0 saturated heterocycles. The number of hydrogen-bond donors (Lipinski definition) is 1. The Bertz CT molecular complexity index is 733. The molecule has 1 atom stereocenters. The van der Waals surface area contributed by atoms with Crippen molar-refractivity contribution in [1.29, 1.82) is 0 Å². The van der Waals surface area contributed by atoms with E-state index >= 15 is 0 Å². The van der Waals surface area contributed by atoms with E-state index in [-0.39, 0.29) is 18.5 Å². The molecule has 0 radical (unpaired) electrons. The molecule has 3 rings (SSSR count). The lowest BCUT2D eigenvalue weighted by Gasteiger charge is -2.11. The van der Waals surface area contributed by atoms with Crippen LogP contribution in [0.15, 0.2) is 54.7 Å². The molecule has 102 valence electrons. The molecular weight excluding hydrogens is 253 g/mol. The van der Waals surface area contributed by atoms with E-state index < -0.39 is 0 Å². The van der Waals surface area contributed by atoms with E-state index in [1.807, 2.05) is 48.0 Å². The lowest BCUT2D eigenvalue weighted by atomic mass is 10.1. The zero-order valence-corrected chi connectivity index (χ0v) is 11.3. The van der Waals surface area contributed by atoms with Gasteiger partial charge in [-0.25, -0.2) is 4.39 Å².